The van der Waals surface area contributed by atoms with Crippen LogP contribution in [0.15, 0.2) is 58.2 Å². The number of furan rings is 1. The van der Waals surface area contributed by atoms with E-state index in [0.717, 1.165) is 17.4 Å². The van der Waals surface area contributed by atoms with Gasteiger partial charge < -0.3 is 18.8 Å². The van der Waals surface area contributed by atoms with Gasteiger partial charge in [-0.2, -0.15) is 4.31 Å². The van der Waals surface area contributed by atoms with Gasteiger partial charge >= 0.3 is 0 Å². The molecule has 2 aliphatic heterocycles. The molecule has 2 saturated heterocycles. The van der Waals surface area contributed by atoms with E-state index in [2.05, 4.69) is 4.57 Å². The number of hydrogen-bond acceptors (Lipinski definition) is 5. The van der Waals surface area contributed by atoms with Crippen LogP contribution in [0, 0.1) is 5.92 Å². The number of nitrogens with zero attached hydrogens (tertiary/aromatic N) is 4. The van der Waals surface area contributed by atoms with Crippen LogP contribution in [0.4, 0.5) is 0 Å². The summed E-state index contributed by atoms with van der Waals surface area (Å²) in [6, 6.07) is 10.5. The first-order valence-corrected chi connectivity index (χ1v) is 13.5. The van der Waals surface area contributed by atoms with Crippen molar-refractivity contribution >= 4 is 32.7 Å². The second kappa shape index (κ2) is 9.50. The molecule has 0 radical (unpaired) electrons. The van der Waals surface area contributed by atoms with E-state index in [1.165, 1.54) is 10.6 Å². The van der Waals surface area contributed by atoms with Crippen molar-refractivity contribution in [2.45, 2.75) is 31.2 Å². The van der Waals surface area contributed by atoms with E-state index in [1.807, 2.05) is 25.3 Å². The maximum absolute atomic E-state index is 13.4. The molecular weight excluding hydrogens is 468 g/mol. The third-order valence-electron chi connectivity index (χ3n) is 7.06. The molecule has 1 atom stereocenters. The second-order valence-corrected chi connectivity index (χ2v) is 11.1. The van der Waals surface area contributed by atoms with Gasteiger partial charge in [0.1, 0.15) is 0 Å². The highest BCUT2D eigenvalue weighted by atomic mass is 32.2. The fraction of sp³-hybridized carbons (Fsp3) is 0.440. The first-order chi connectivity index (χ1) is 16.9. The number of rotatable bonds is 5. The molecule has 3 aromatic rings. The van der Waals surface area contributed by atoms with Crippen molar-refractivity contribution in [2.75, 3.05) is 39.3 Å². The van der Waals surface area contributed by atoms with Gasteiger partial charge in [0.2, 0.25) is 15.9 Å². The summed E-state index contributed by atoms with van der Waals surface area (Å²) in [6.07, 6.45) is 4.73. The van der Waals surface area contributed by atoms with Crippen LogP contribution in [0.1, 0.15) is 30.3 Å². The van der Waals surface area contributed by atoms with Crippen LogP contribution in [0.25, 0.3) is 10.9 Å². The first-order valence-electron chi connectivity index (χ1n) is 12.1. The summed E-state index contributed by atoms with van der Waals surface area (Å²) in [5, 5.41) is 0.888. The van der Waals surface area contributed by atoms with Crippen molar-refractivity contribution in [1.82, 2.24) is 18.7 Å². The molecule has 1 aromatic carbocycles. The van der Waals surface area contributed by atoms with Gasteiger partial charge in [0, 0.05) is 62.9 Å². The van der Waals surface area contributed by atoms with Crippen molar-refractivity contribution in [3.63, 3.8) is 0 Å². The Morgan fingerprint density at radius 2 is 1.80 bits per heavy atom. The van der Waals surface area contributed by atoms with E-state index < -0.39 is 10.0 Å². The van der Waals surface area contributed by atoms with Crippen LogP contribution in [0.3, 0.4) is 0 Å². The van der Waals surface area contributed by atoms with Crippen molar-refractivity contribution < 1.29 is 22.4 Å². The fourth-order valence-corrected chi connectivity index (χ4v) is 6.63. The summed E-state index contributed by atoms with van der Waals surface area (Å²) in [7, 11) is -3.70. The van der Waals surface area contributed by atoms with Crippen LogP contribution in [0.2, 0.25) is 0 Å². The maximum Gasteiger partial charge on any atom is 0.289 e. The molecule has 0 spiro atoms. The van der Waals surface area contributed by atoms with Crippen LogP contribution in [0.5, 0.6) is 0 Å². The van der Waals surface area contributed by atoms with Gasteiger partial charge in [-0.1, -0.05) is 0 Å². The zero-order chi connectivity index (χ0) is 24.6. The van der Waals surface area contributed by atoms with Crippen LogP contribution >= 0.6 is 0 Å². The van der Waals surface area contributed by atoms with Gasteiger partial charge in [-0.3, -0.25) is 9.59 Å². The number of carbonyl (C=O) groups excluding carboxylic acids is 2. The Bertz CT molecular complexity index is 1320. The average Bonchev–Trinajstić information content (AvgIpc) is 3.58. The average molecular weight is 499 g/mol. The Balaban J connectivity index is 1.24. The topological polar surface area (TPSA) is 96.1 Å². The van der Waals surface area contributed by atoms with Crippen LogP contribution < -0.4 is 0 Å². The molecule has 10 heteroatoms. The molecule has 2 amide bonds. The lowest BCUT2D eigenvalue weighted by Gasteiger charge is -2.38. The lowest BCUT2D eigenvalue weighted by atomic mass is 9.97. The molecule has 2 aromatic heterocycles. The monoisotopic (exact) mass is 498 g/mol. The van der Waals surface area contributed by atoms with E-state index in [1.54, 1.807) is 34.1 Å². The van der Waals surface area contributed by atoms with Crippen LogP contribution in [-0.4, -0.2) is 78.2 Å². The number of carbonyl (C=O) groups is 2. The standard InChI is InChI=1S/C25H30N4O5S/c1-2-26-11-9-19-17-21(7-8-22(19)26)35(32,33)29-10-3-5-20(18-29)24(30)27-12-14-28(15-13-27)25(31)23-6-4-16-34-23/h4,6-9,11,16-17,20H,2-3,5,10,12-15,18H2,1H3. The number of amides is 2. The minimum Gasteiger partial charge on any atom is -0.459 e. The molecule has 1 unspecified atom stereocenters. The molecule has 186 valence electrons. The van der Waals surface area contributed by atoms with E-state index in [0.29, 0.717) is 51.3 Å². The van der Waals surface area contributed by atoms with Crippen molar-refractivity contribution in [2.24, 2.45) is 5.92 Å². The highest BCUT2D eigenvalue weighted by molar-refractivity contribution is 7.89. The number of aryl methyl sites for hydroxylation is 1. The van der Waals surface area contributed by atoms with Gasteiger partial charge in [0.25, 0.3) is 5.91 Å². The molecule has 2 aliphatic rings. The first kappa shape index (κ1) is 23.6. The smallest absolute Gasteiger partial charge is 0.289 e. The van der Waals surface area contributed by atoms with E-state index in [-0.39, 0.29) is 29.2 Å². The predicted octanol–water partition coefficient (Wildman–Crippen LogP) is 2.64. The summed E-state index contributed by atoms with van der Waals surface area (Å²) in [4.78, 5) is 29.4. The highest BCUT2D eigenvalue weighted by Crippen LogP contribution is 2.28. The number of sulfonamides is 1. The Labute approximate surface area is 204 Å². The Kier molecular flexibility index (Phi) is 6.41. The summed E-state index contributed by atoms with van der Waals surface area (Å²) in [5.41, 5.74) is 1.00. The van der Waals surface area contributed by atoms with Gasteiger partial charge in [-0.05, 0) is 56.2 Å². The third-order valence-corrected chi connectivity index (χ3v) is 8.93. The van der Waals surface area contributed by atoms with E-state index in [9.17, 15) is 18.0 Å². The molecule has 9 nitrogen and oxygen atoms in total. The van der Waals surface area contributed by atoms with Crippen molar-refractivity contribution in [3.8, 4) is 0 Å². The van der Waals surface area contributed by atoms with E-state index in [4.69, 9.17) is 4.42 Å². The predicted molar refractivity (Wildman–Crippen MR) is 130 cm³/mol. The lowest BCUT2D eigenvalue weighted by Crippen LogP contribution is -2.54. The number of hydrogen-bond donors (Lipinski definition) is 0. The molecule has 0 bridgehead atoms. The number of aromatic nitrogens is 1. The Morgan fingerprint density at radius 1 is 1.03 bits per heavy atom. The number of piperidine rings is 1. The van der Waals surface area contributed by atoms with Gasteiger partial charge in [0.15, 0.2) is 5.76 Å². The number of benzene rings is 1. The summed E-state index contributed by atoms with van der Waals surface area (Å²) >= 11 is 0. The number of fused-ring (bicyclic) bond motifs is 1. The minimum absolute atomic E-state index is 0.0366. The van der Waals surface area contributed by atoms with Gasteiger partial charge in [0.05, 0.1) is 17.1 Å². The quantitative estimate of drug-likeness (QED) is 0.539. The molecule has 4 heterocycles. The summed E-state index contributed by atoms with van der Waals surface area (Å²) < 4.78 is 35.6. The zero-order valence-corrected chi connectivity index (χ0v) is 20.6. The third kappa shape index (κ3) is 4.48. The summed E-state index contributed by atoms with van der Waals surface area (Å²) in [5.74, 6) is -0.299. The Morgan fingerprint density at radius 3 is 2.51 bits per heavy atom. The molecule has 0 N–H and O–H groups in total. The Hall–Kier alpha value is -3.11. The molecule has 35 heavy (non-hydrogen) atoms. The molecular formula is C25H30N4O5S. The second-order valence-electron chi connectivity index (χ2n) is 9.12. The molecule has 2 fully saturated rings. The van der Waals surface area contributed by atoms with Gasteiger partial charge in [-0.25, -0.2) is 8.42 Å². The summed E-state index contributed by atoms with van der Waals surface area (Å²) in [6.45, 7) is 5.17. The molecule has 0 aliphatic carbocycles. The van der Waals surface area contributed by atoms with Gasteiger partial charge in [-0.15, -0.1) is 0 Å². The fourth-order valence-electron chi connectivity index (χ4n) is 5.07. The van der Waals surface area contributed by atoms with E-state index >= 15 is 0 Å². The number of piperazine rings is 1. The maximum atomic E-state index is 13.4. The highest BCUT2D eigenvalue weighted by Gasteiger charge is 2.36. The lowest BCUT2D eigenvalue weighted by molar-refractivity contribution is -0.138. The van der Waals surface area contributed by atoms with Crippen LogP contribution in [-0.2, 0) is 21.4 Å². The normalized spacial score (nSPS) is 19.9. The SMILES string of the molecule is CCn1ccc2cc(S(=O)(=O)N3CCCC(C(=O)N4CCN(C(=O)c5ccco5)CC4)C3)ccc21. The molecule has 5 rings (SSSR count). The molecule has 0 saturated carbocycles. The van der Waals surface area contributed by atoms with Crippen molar-refractivity contribution in [1.29, 1.82) is 0 Å². The zero-order valence-electron chi connectivity index (χ0n) is 19.8. The van der Waals surface area contributed by atoms with Crippen molar-refractivity contribution in [3.05, 3.63) is 54.6 Å². The largest absolute Gasteiger partial charge is 0.459 e. The minimum atomic E-state index is -3.70.